The van der Waals surface area contributed by atoms with E-state index in [4.69, 9.17) is 21.1 Å². The number of thiazole rings is 1. The number of hydrogen-bond acceptors (Lipinski definition) is 8. The molecule has 0 radical (unpaired) electrons. The molecular weight excluding hydrogens is 605 g/mol. The van der Waals surface area contributed by atoms with E-state index in [9.17, 15) is 23.6 Å². The summed E-state index contributed by atoms with van der Waals surface area (Å²) in [7, 11) is 1.54. The molecule has 0 spiro atoms. The number of fused-ring (bicyclic) bond motifs is 2. The van der Waals surface area contributed by atoms with Crippen LogP contribution in [0.2, 0.25) is 5.02 Å². The molecule has 0 aliphatic carbocycles. The number of nitrogens with zero attached hydrogens (tertiary/aromatic N) is 1. The first-order valence-electron chi connectivity index (χ1n) is 12.6. The van der Waals surface area contributed by atoms with E-state index in [1.54, 1.807) is 49.6 Å². The van der Waals surface area contributed by atoms with Crippen LogP contribution in [0.1, 0.15) is 16.4 Å². The van der Waals surface area contributed by atoms with Crippen LogP contribution in [0.3, 0.4) is 0 Å². The van der Waals surface area contributed by atoms with Crippen molar-refractivity contribution in [2.75, 3.05) is 23.9 Å². The average Bonchev–Trinajstić information content (AvgIpc) is 3.47. The molecule has 42 heavy (non-hydrogen) atoms. The van der Waals surface area contributed by atoms with Gasteiger partial charge in [0.15, 0.2) is 6.61 Å². The number of halogens is 2. The molecule has 3 amide bonds. The average molecular weight is 626 g/mol. The molecule has 1 aromatic heterocycles. The number of carbonyl (C=O) groups excluding carboxylic acids is 3. The first-order chi connectivity index (χ1) is 20.2. The fraction of sp³-hybridized carbons (Fsp3) is 0.172. The van der Waals surface area contributed by atoms with Gasteiger partial charge in [-0.2, -0.15) is 0 Å². The number of benzene rings is 3. The van der Waals surface area contributed by atoms with E-state index >= 15 is 0 Å². The third-order valence-electron chi connectivity index (χ3n) is 6.95. The van der Waals surface area contributed by atoms with Gasteiger partial charge in [-0.15, -0.1) is 0 Å². The minimum absolute atomic E-state index is 0.245. The molecule has 2 aliphatic heterocycles. The predicted octanol–water partition coefficient (Wildman–Crippen LogP) is 5.05. The molecule has 3 aromatic carbocycles. The van der Waals surface area contributed by atoms with Crippen molar-refractivity contribution < 1.29 is 28.2 Å². The topological polar surface area (TPSA) is 118 Å². The Labute approximate surface area is 251 Å². The molecule has 2 aliphatic rings. The fourth-order valence-electron chi connectivity index (χ4n) is 5.11. The number of methoxy groups -OCH3 is 1. The third kappa shape index (κ3) is 5.17. The Balaban J connectivity index is 1.34. The molecule has 1 saturated heterocycles. The molecule has 0 bridgehead atoms. The minimum Gasteiger partial charge on any atom is -0.497 e. The number of carbonyl (C=O) groups is 3. The van der Waals surface area contributed by atoms with Gasteiger partial charge < -0.3 is 19.8 Å². The summed E-state index contributed by atoms with van der Waals surface area (Å²) in [4.78, 5) is 56.7. The number of aromatic amines is 1. The summed E-state index contributed by atoms with van der Waals surface area (Å²) < 4.78 is 24.7. The number of imide groups is 1. The lowest BCUT2D eigenvalue weighted by atomic mass is 9.82. The van der Waals surface area contributed by atoms with Crippen LogP contribution < -0.4 is 24.6 Å². The Bertz CT molecular complexity index is 1760. The highest BCUT2D eigenvalue weighted by atomic mass is 35.5. The van der Waals surface area contributed by atoms with Gasteiger partial charge in [-0.05, 0) is 66.7 Å². The Kier molecular flexibility index (Phi) is 7.52. The monoisotopic (exact) mass is 625 g/mol. The number of nitrogens with one attached hydrogen (secondary N) is 2. The summed E-state index contributed by atoms with van der Waals surface area (Å²) >= 11 is 8.45. The molecule has 6 rings (SSSR count). The van der Waals surface area contributed by atoms with E-state index in [0.29, 0.717) is 31.9 Å². The van der Waals surface area contributed by atoms with E-state index in [-0.39, 0.29) is 22.9 Å². The largest absolute Gasteiger partial charge is 0.497 e. The standard InChI is InChI=1S/C29H21ClFN3O6S2/c1-39-18-9-5-16(6-10-18)32-21(35)13-40-20-11-2-14(30)12-19(20)22-23-25(41-26-24(22)42-29(38)33-26)28(37)34(27(23)36)17-7-3-15(31)4-8-17/h2-12,22-23,25H,13H2,1H3,(H,32,35)(H,33,38)/t22-,23-,25+/m0/s1. The van der Waals surface area contributed by atoms with Crippen molar-refractivity contribution in [3.05, 3.63) is 97.7 Å². The first-order valence-corrected chi connectivity index (χ1v) is 14.7. The van der Waals surface area contributed by atoms with Crippen molar-refractivity contribution >= 4 is 63.8 Å². The van der Waals surface area contributed by atoms with Gasteiger partial charge in [-0.1, -0.05) is 34.7 Å². The van der Waals surface area contributed by atoms with Crippen LogP contribution in [-0.4, -0.2) is 41.7 Å². The Morgan fingerprint density at radius 3 is 2.50 bits per heavy atom. The van der Waals surface area contributed by atoms with Gasteiger partial charge in [0.1, 0.15) is 22.6 Å². The molecule has 3 atom stereocenters. The van der Waals surface area contributed by atoms with Crippen LogP contribution in [0.4, 0.5) is 15.8 Å². The summed E-state index contributed by atoms with van der Waals surface area (Å²) in [5.74, 6) is -2.69. The van der Waals surface area contributed by atoms with Gasteiger partial charge >= 0.3 is 4.87 Å². The number of H-pyrrole nitrogens is 1. The van der Waals surface area contributed by atoms with Crippen LogP contribution >= 0.6 is 34.7 Å². The quantitative estimate of drug-likeness (QED) is 0.276. The summed E-state index contributed by atoms with van der Waals surface area (Å²) in [6.07, 6.45) is 0. The van der Waals surface area contributed by atoms with E-state index in [0.717, 1.165) is 28.0 Å². The Hall–Kier alpha value is -4.13. The van der Waals surface area contributed by atoms with Crippen LogP contribution in [0.15, 0.2) is 76.6 Å². The van der Waals surface area contributed by atoms with Crippen LogP contribution in [-0.2, 0) is 14.4 Å². The molecule has 2 N–H and O–H groups in total. The van der Waals surface area contributed by atoms with Gasteiger partial charge in [0.25, 0.3) is 5.91 Å². The summed E-state index contributed by atoms with van der Waals surface area (Å²) in [6.45, 7) is -0.360. The number of amides is 3. The van der Waals surface area contributed by atoms with Gasteiger partial charge in [-0.25, -0.2) is 9.29 Å². The van der Waals surface area contributed by atoms with E-state index in [2.05, 4.69) is 10.3 Å². The Morgan fingerprint density at radius 2 is 1.79 bits per heavy atom. The normalized spacial score (nSPS) is 19.3. The zero-order chi connectivity index (χ0) is 29.5. The van der Waals surface area contributed by atoms with Crippen LogP contribution in [0.5, 0.6) is 11.5 Å². The van der Waals surface area contributed by atoms with Gasteiger partial charge in [0, 0.05) is 27.1 Å². The summed E-state index contributed by atoms with van der Waals surface area (Å²) in [5.41, 5.74) is 1.24. The first kappa shape index (κ1) is 28.0. The molecule has 3 heterocycles. The highest BCUT2D eigenvalue weighted by Gasteiger charge is 2.56. The van der Waals surface area contributed by atoms with Crippen molar-refractivity contribution in [3.63, 3.8) is 0 Å². The zero-order valence-electron chi connectivity index (χ0n) is 21.8. The van der Waals surface area contributed by atoms with Crippen molar-refractivity contribution in [1.29, 1.82) is 0 Å². The predicted molar refractivity (Wildman–Crippen MR) is 157 cm³/mol. The van der Waals surface area contributed by atoms with Gasteiger partial charge in [0.05, 0.1) is 23.7 Å². The van der Waals surface area contributed by atoms with E-state index < -0.39 is 40.6 Å². The Morgan fingerprint density at radius 1 is 1.05 bits per heavy atom. The zero-order valence-corrected chi connectivity index (χ0v) is 24.1. The fourth-order valence-corrected chi connectivity index (χ4v) is 7.79. The molecule has 214 valence electrons. The lowest BCUT2D eigenvalue weighted by Crippen LogP contribution is -2.32. The smallest absolute Gasteiger partial charge is 0.305 e. The number of rotatable bonds is 7. The molecule has 0 saturated carbocycles. The van der Waals surface area contributed by atoms with Crippen LogP contribution in [0, 0.1) is 11.7 Å². The lowest BCUT2D eigenvalue weighted by molar-refractivity contribution is -0.122. The number of hydrogen-bond donors (Lipinski definition) is 2. The number of anilines is 2. The maximum atomic E-state index is 13.9. The maximum absolute atomic E-state index is 13.9. The highest BCUT2D eigenvalue weighted by molar-refractivity contribution is 8.00. The van der Waals surface area contributed by atoms with E-state index in [1.165, 1.54) is 24.3 Å². The number of ether oxygens (including phenoxy) is 2. The van der Waals surface area contributed by atoms with Gasteiger partial charge in [0.2, 0.25) is 11.8 Å². The number of aromatic nitrogens is 1. The highest BCUT2D eigenvalue weighted by Crippen LogP contribution is 2.54. The molecule has 0 unspecified atom stereocenters. The lowest BCUT2D eigenvalue weighted by Gasteiger charge is -2.31. The van der Waals surface area contributed by atoms with Gasteiger partial charge in [-0.3, -0.25) is 19.2 Å². The number of thioether (sulfide) groups is 1. The van der Waals surface area contributed by atoms with Crippen molar-refractivity contribution in [2.45, 2.75) is 16.2 Å². The molecular formula is C29H21ClFN3O6S2. The summed E-state index contributed by atoms with van der Waals surface area (Å²) in [6, 6.07) is 16.7. The summed E-state index contributed by atoms with van der Waals surface area (Å²) in [5, 5.41) is 2.69. The maximum Gasteiger partial charge on any atom is 0.305 e. The molecule has 1 fully saturated rings. The molecule has 4 aromatic rings. The van der Waals surface area contributed by atoms with E-state index in [1.807, 2.05) is 0 Å². The second kappa shape index (κ2) is 11.3. The second-order valence-electron chi connectivity index (χ2n) is 9.49. The van der Waals surface area contributed by atoms with Crippen molar-refractivity contribution in [2.24, 2.45) is 5.92 Å². The van der Waals surface area contributed by atoms with Crippen molar-refractivity contribution in [3.8, 4) is 11.5 Å². The molecule has 9 nitrogen and oxygen atoms in total. The third-order valence-corrected chi connectivity index (χ3v) is 9.58. The molecule has 13 heteroatoms. The van der Waals surface area contributed by atoms with Crippen LogP contribution in [0.25, 0.3) is 0 Å². The second-order valence-corrected chi connectivity index (χ2v) is 12.1. The minimum atomic E-state index is -0.916. The SMILES string of the molecule is COc1ccc(NC(=O)COc2ccc(Cl)cc2[C@@H]2c3sc(=O)[nH]c3S[C@H]3C(=O)N(c4ccc(F)cc4)C(=O)[C@@H]23)cc1. The van der Waals surface area contributed by atoms with Crippen molar-refractivity contribution in [1.82, 2.24) is 4.98 Å².